The van der Waals surface area contributed by atoms with Crippen LogP contribution in [0.25, 0.3) is 0 Å². The van der Waals surface area contributed by atoms with E-state index in [2.05, 4.69) is 10.0 Å². The van der Waals surface area contributed by atoms with Crippen molar-refractivity contribution in [2.75, 3.05) is 32.7 Å². The van der Waals surface area contributed by atoms with Gasteiger partial charge >= 0.3 is 0 Å². The van der Waals surface area contributed by atoms with Crippen molar-refractivity contribution in [2.45, 2.75) is 45.9 Å². The van der Waals surface area contributed by atoms with E-state index in [0.29, 0.717) is 18.0 Å². The van der Waals surface area contributed by atoms with Gasteiger partial charge in [-0.1, -0.05) is 0 Å². The van der Waals surface area contributed by atoms with Crippen LogP contribution in [0, 0.1) is 34.6 Å². The lowest BCUT2D eigenvalue weighted by Crippen LogP contribution is -2.47. The van der Waals surface area contributed by atoms with Gasteiger partial charge in [0.1, 0.15) is 0 Å². The number of nitrogens with zero attached hydrogens (tertiary/aromatic N) is 1. The number of hydrogen-bond acceptors (Lipinski definition) is 4. The Morgan fingerprint density at radius 2 is 1.42 bits per heavy atom. The molecule has 1 aromatic carbocycles. The van der Waals surface area contributed by atoms with E-state index in [1.807, 2.05) is 34.6 Å². The highest BCUT2D eigenvalue weighted by atomic mass is 35.5. The van der Waals surface area contributed by atoms with Crippen LogP contribution in [0.15, 0.2) is 4.90 Å². The molecule has 1 aromatic rings. The average molecular weight is 404 g/mol. The maximum absolute atomic E-state index is 12.8. The van der Waals surface area contributed by atoms with E-state index in [1.54, 1.807) is 4.90 Å². The molecule has 1 fully saturated rings. The fourth-order valence-corrected chi connectivity index (χ4v) is 4.93. The Balaban J connectivity index is 0.00000338. The van der Waals surface area contributed by atoms with E-state index in [4.69, 9.17) is 0 Å². The number of halogens is 1. The summed E-state index contributed by atoms with van der Waals surface area (Å²) in [6.07, 6.45) is 0.182. The summed E-state index contributed by atoms with van der Waals surface area (Å²) in [5.41, 5.74) is 4.69. The molecule has 1 heterocycles. The molecular formula is C18H30ClN3O3S. The lowest BCUT2D eigenvalue weighted by Gasteiger charge is -2.27. The van der Waals surface area contributed by atoms with Crippen molar-refractivity contribution in [1.29, 1.82) is 0 Å². The average Bonchev–Trinajstić information content (AvgIpc) is 2.58. The number of piperazine rings is 1. The number of amides is 1. The maximum Gasteiger partial charge on any atom is 0.241 e. The first-order chi connectivity index (χ1) is 11.7. The minimum Gasteiger partial charge on any atom is -0.340 e. The molecule has 8 heteroatoms. The van der Waals surface area contributed by atoms with Crippen molar-refractivity contribution < 1.29 is 13.2 Å². The number of benzene rings is 1. The van der Waals surface area contributed by atoms with Gasteiger partial charge in [0.05, 0.1) is 4.90 Å². The lowest BCUT2D eigenvalue weighted by atomic mass is 9.95. The molecule has 2 rings (SSSR count). The number of nitrogens with one attached hydrogen (secondary N) is 2. The summed E-state index contributed by atoms with van der Waals surface area (Å²) in [4.78, 5) is 14.3. The van der Waals surface area contributed by atoms with Crippen LogP contribution < -0.4 is 10.0 Å². The summed E-state index contributed by atoms with van der Waals surface area (Å²) in [5.74, 6) is -0.00564. The van der Waals surface area contributed by atoms with E-state index in [0.717, 1.165) is 40.9 Å². The van der Waals surface area contributed by atoms with Crippen LogP contribution in [0.4, 0.5) is 0 Å². The molecule has 26 heavy (non-hydrogen) atoms. The molecule has 1 amide bonds. The predicted molar refractivity (Wildman–Crippen MR) is 107 cm³/mol. The van der Waals surface area contributed by atoms with Gasteiger partial charge < -0.3 is 10.2 Å². The molecule has 1 aliphatic rings. The summed E-state index contributed by atoms with van der Waals surface area (Å²) in [6, 6.07) is 0. The van der Waals surface area contributed by atoms with E-state index < -0.39 is 10.0 Å². The van der Waals surface area contributed by atoms with Crippen LogP contribution in [0.1, 0.15) is 34.2 Å². The second kappa shape index (κ2) is 9.17. The first kappa shape index (κ1) is 22.9. The van der Waals surface area contributed by atoms with Gasteiger partial charge in [-0.15, -0.1) is 12.4 Å². The Labute approximate surface area is 163 Å². The summed E-state index contributed by atoms with van der Waals surface area (Å²) in [7, 11) is -3.64. The maximum atomic E-state index is 12.8. The molecule has 2 N–H and O–H groups in total. The van der Waals surface area contributed by atoms with Crippen molar-refractivity contribution in [3.63, 3.8) is 0 Å². The predicted octanol–water partition coefficient (Wildman–Crippen LogP) is 1.75. The molecule has 0 unspecified atom stereocenters. The summed E-state index contributed by atoms with van der Waals surface area (Å²) in [6.45, 7) is 12.7. The molecule has 0 aromatic heterocycles. The largest absolute Gasteiger partial charge is 0.340 e. The second-order valence-electron chi connectivity index (χ2n) is 6.73. The van der Waals surface area contributed by atoms with Crippen LogP contribution in [-0.4, -0.2) is 51.9 Å². The van der Waals surface area contributed by atoms with E-state index in [1.165, 1.54) is 0 Å². The minimum absolute atomic E-state index is 0. The highest BCUT2D eigenvalue weighted by Gasteiger charge is 2.24. The Kier molecular flexibility index (Phi) is 8.07. The molecule has 0 radical (unpaired) electrons. The van der Waals surface area contributed by atoms with Crippen molar-refractivity contribution in [2.24, 2.45) is 0 Å². The van der Waals surface area contributed by atoms with Gasteiger partial charge in [-0.25, -0.2) is 13.1 Å². The number of rotatable bonds is 5. The van der Waals surface area contributed by atoms with Crippen LogP contribution in [0.3, 0.4) is 0 Å². The second-order valence-corrected chi connectivity index (χ2v) is 8.44. The fraction of sp³-hybridized carbons (Fsp3) is 0.611. The van der Waals surface area contributed by atoms with Crippen molar-refractivity contribution in [3.8, 4) is 0 Å². The standard InChI is InChI=1S/C18H29N3O3S.ClH/c1-12-13(2)15(4)18(16(5)14(12)3)25(23,24)20-7-6-17(22)21-10-8-19-9-11-21;/h19-20H,6-11H2,1-5H3;1H. The zero-order valence-electron chi connectivity index (χ0n) is 16.2. The molecule has 0 bridgehead atoms. The summed E-state index contributed by atoms with van der Waals surface area (Å²) in [5, 5.41) is 3.19. The van der Waals surface area contributed by atoms with E-state index in [-0.39, 0.29) is 31.3 Å². The third-order valence-corrected chi connectivity index (χ3v) is 7.03. The normalized spacial score (nSPS) is 14.9. The molecule has 1 saturated heterocycles. The molecule has 0 atom stereocenters. The van der Waals surface area contributed by atoms with Gasteiger partial charge in [-0.2, -0.15) is 0 Å². The highest BCUT2D eigenvalue weighted by molar-refractivity contribution is 7.89. The molecule has 148 valence electrons. The number of carbonyl (C=O) groups excluding carboxylic acids is 1. The van der Waals surface area contributed by atoms with Crippen LogP contribution in [-0.2, 0) is 14.8 Å². The van der Waals surface area contributed by atoms with Crippen molar-refractivity contribution >= 4 is 28.3 Å². The summed E-state index contributed by atoms with van der Waals surface area (Å²) < 4.78 is 28.2. The molecule has 1 aliphatic heterocycles. The number of hydrogen-bond donors (Lipinski definition) is 2. The zero-order valence-corrected chi connectivity index (χ0v) is 17.9. The van der Waals surface area contributed by atoms with E-state index in [9.17, 15) is 13.2 Å². The first-order valence-electron chi connectivity index (χ1n) is 8.72. The van der Waals surface area contributed by atoms with Crippen molar-refractivity contribution in [3.05, 3.63) is 27.8 Å². The van der Waals surface area contributed by atoms with Gasteiger partial charge in [0, 0.05) is 39.1 Å². The molecule has 0 saturated carbocycles. The molecular weight excluding hydrogens is 374 g/mol. The minimum atomic E-state index is -3.64. The monoisotopic (exact) mass is 403 g/mol. The zero-order chi connectivity index (χ0) is 18.8. The van der Waals surface area contributed by atoms with Crippen LogP contribution >= 0.6 is 12.4 Å². The van der Waals surface area contributed by atoms with Crippen LogP contribution in [0.5, 0.6) is 0 Å². The van der Waals surface area contributed by atoms with E-state index >= 15 is 0 Å². The SMILES string of the molecule is Cc1c(C)c(C)c(S(=O)(=O)NCCC(=O)N2CCNCC2)c(C)c1C.Cl. The molecule has 0 spiro atoms. The quantitative estimate of drug-likeness (QED) is 0.785. The lowest BCUT2D eigenvalue weighted by molar-refractivity contribution is -0.131. The van der Waals surface area contributed by atoms with Gasteiger partial charge in [0.2, 0.25) is 15.9 Å². The third-order valence-electron chi connectivity index (χ3n) is 5.30. The number of sulfonamides is 1. The summed E-state index contributed by atoms with van der Waals surface area (Å²) >= 11 is 0. The Bertz CT molecular complexity index is 743. The topological polar surface area (TPSA) is 78.5 Å². The molecule has 0 aliphatic carbocycles. The Morgan fingerprint density at radius 1 is 0.962 bits per heavy atom. The van der Waals surface area contributed by atoms with Crippen LogP contribution in [0.2, 0.25) is 0 Å². The van der Waals surface area contributed by atoms with Gasteiger partial charge in [-0.05, 0) is 62.4 Å². The van der Waals surface area contributed by atoms with Crippen molar-refractivity contribution in [1.82, 2.24) is 14.9 Å². The first-order valence-corrected chi connectivity index (χ1v) is 10.2. The number of carbonyl (C=O) groups is 1. The van der Waals surface area contributed by atoms with Gasteiger partial charge in [0.25, 0.3) is 0 Å². The third kappa shape index (κ3) is 4.76. The fourth-order valence-electron chi connectivity index (χ4n) is 3.31. The Morgan fingerprint density at radius 3 is 1.92 bits per heavy atom. The molecule has 6 nitrogen and oxygen atoms in total. The van der Waals surface area contributed by atoms with Gasteiger partial charge in [0.15, 0.2) is 0 Å². The van der Waals surface area contributed by atoms with Gasteiger partial charge in [-0.3, -0.25) is 4.79 Å². The Hall–Kier alpha value is -1.15. The smallest absolute Gasteiger partial charge is 0.241 e. The highest BCUT2D eigenvalue weighted by Crippen LogP contribution is 2.29.